The van der Waals surface area contributed by atoms with Gasteiger partial charge in [0.15, 0.2) is 43.8 Å². The van der Waals surface area contributed by atoms with Gasteiger partial charge in [-0.2, -0.15) is 0 Å². The molecule has 0 fully saturated rings. The maximum absolute atomic E-state index is 15.1. The van der Waals surface area contributed by atoms with Gasteiger partial charge in [0.2, 0.25) is 0 Å². The minimum Gasteiger partial charge on any atom is -0.452 e. The van der Waals surface area contributed by atoms with Gasteiger partial charge in [-0.1, -0.05) is 13.0 Å². The van der Waals surface area contributed by atoms with Crippen LogP contribution in [0.15, 0.2) is 72.3 Å². The van der Waals surface area contributed by atoms with Gasteiger partial charge in [0.25, 0.3) is 5.91 Å². The number of benzene rings is 2. The Kier molecular flexibility index (Phi) is 7.62. The Hall–Kier alpha value is -4.91. The van der Waals surface area contributed by atoms with Gasteiger partial charge in [0.1, 0.15) is 11.4 Å². The first-order valence-electron chi connectivity index (χ1n) is 12.6. The van der Waals surface area contributed by atoms with Crippen LogP contribution in [0.1, 0.15) is 31.1 Å². The SMILES string of the molecule is CCS(=O)(=O)c1ccc(Oc2cc3[nH]c(-c4cnccn4)nc3cc2Oc2c(F)cccc2C(=O)NC(C)C)cn1. The number of rotatable bonds is 9. The highest BCUT2D eigenvalue weighted by molar-refractivity contribution is 7.91. The zero-order valence-electron chi connectivity index (χ0n) is 22.3. The molecule has 0 saturated carbocycles. The van der Waals surface area contributed by atoms with Gasteiger partial charge in [0, 0.05) is 30.6 Å². The largest absolute Gasteiger partial charge is 0.452 e. The Bertz CT molecular complexity index is 1830. The van der Waals surface area contributed by atoms with Crippen molar-refractivity contribution in [2.24, 2.45) is 0 Å². The Morgan fingerprint density at radius 1 is 1.05 bits per heavy atom. The van der Waals surface area contributed by atoms with Crippen LogP contribution in [-0.4, -0.2) is 51.0 Å². The number of ether oxygens (including phenoxy) is 2. The number of amides is 1. The number of carbonyl (C=O) groups excluding carboxylic acids is 1. The number of H-pyrrole nitrogens is 1. The van der Waals surface area contributed by atoms with Crippen LogP contribution in [0.4, 0.5) is 4.39 Å². The smallest absolute Gasteiger partial charge is 0.255 e. The van der Waals surface area contributed by atoms with Crippen molar-refractivity contribution in [1.29, 1.82) is 0 Å². The number of carbonyl (C=O) groups is 1. The van der Waals surface area contributed by atoms with Crippen molar-refractivity contribution >= 4 is 26.8 Å². The third-order valence-electron chi connectivity index (χ3n) is 5.83. The molecule has 0 radical (unpaired) electrons. The number of hydrogen-bond donors (Lipinski definition) is 2. The molecule has 13 heteroatoms. The van der Waals surface area contributed by atoms with Crippen molar-refractivity contribution in [3.63, 3.8) is 0 Å². The molecular weight excluding hydrogens is 551 g/mol. The normalized spacial score (nSPS) is 11.5. The molecule has 0 spiro atoms. The first-order chi connectivity index (χ1) is 19.6. The van der Waals surface area contributed by atoms with Gasteiger partial charge in [0.05, 0.1) is 34.7 Å². The quantitative estimate of drug-likeness (QED) is 0.245. The van der Waals surface area contributed by atoms with E-state index >= 15 is 4.39 Å². The van der Waals surface area contributed by atoms with Crippen molar-refractivity contribution in [3.8, 4) is 34.5 Å². The van der Waals surface area contributed by atoms with E-state index in [0.29, 0.717) is 22.6 Å². The molecule has 41 heavy (non-hydrogen) atoms. The number of fused-ring (bicyclic) bond motifs is 1. The zero-order chi connectivity index (χ0) is 29.1. The summed E-state index contributed by atoms with van der Waals surface area (Å²) in [5.74, 6) is -0.883. The molecule has 0 aliphatic heterocycles. The van der Waals surface area contributed by atoms with E-state index in [0.717, 1.165) is 0 Å². The second-order valence-corrected chi connectivity index (χ2v) is 11.4. The highest BCUT2D eigenvalue weighted by Crippen LogP contribution is 2.40. The number of imidazole rings is 1. The molecule has 3 aromatic heterocycles. The predicted octanol–water partition coefficient (Wildman–Crippen LogP) is 5.07. The molecule has 2 aromatic carbocycles. The highest BCUT2D eigenvalue weighted by Gasteiger charge is 2.22. The molecule has 0 aliphatic rings. The summed E-state index contributed by atoms with van der Waals surface area (Å²) in [6, 6.07) is 9.75. The number of nitrogens with zero attached hydrogens (tertiary/aromatic N) is 4. The number of para-hydroxylation sites is 1. The van der Waals surface area contributed by atoms with Crippen LogP contribution in [0.2, 0.25) is 0 Å². The van der Waals surface area contributed by atoms with Gasteiger partial charge in [-0.3, -0.25) is 9.78 Å². The summed E-state index contributed by atoms with van der Waals surface area (Å²) in [5, 5.41) is 2.65. The fraction of sp³-hybridized carbons (Fsp3) is 0.179. The Balaban J connectivity index is 1.59. The summed E-state index contributed by atoms with van der Waals surface area (Å²) in [6.07, 6.45) is 5.88. The molecule has 0 aliphatic carbocycles. The maximum Gasteiger partial charge on any atom is 0.255 e. The fourth-order valence-corrected chi connectivity index (χ4v) is 4.63. The summed E-state index contributed by atoms with van der Waals surface area (Å²) in [7, 11) is -3.51. The number of hydrogen-bond acceptors (Lipinski definition) is 9. The summed E-state index contributed by atoms with van der Waals surface area (Å²) in [5.41, 5.74) is 1.47. The van der Waals surface area contributed by atoms with E-state index in [4.69, 9.17) is 9.47 Å². The van der Waals surface area contributed by atoms with Gasteiger partial charge in [-0.05, 0) is 38.1 Å². The Morgan fingerprint density at radius 2 is 1.85 bits per heavy atom. The van der Waals surface area contributed by atoms with Gasteiger partial charge in [-0.25, -0.2) is 27.8 Å². The molecular formula is C28H25FN6O5S. The molecule has 0 unspecified atom stereocenters. The molecule has 2 N–H and O–H groups in total. The van der Waals surface area contributed by atoms with E-state index in [1.54, 1.807) is 26.1 Å². The molecule has 11 nitrogen and oxygen atoms in total. The van der Waals surface area contributed by atoms with Crippen LogP contribution >= 0.6 is 0 Å². The van der Waals surface area contributed by atoms with Gasteiger partial charge >= 0.3 is 0 Å². The van der Waals surface area contributed by atoms with E-state index in [-0.39, 0.29) is 45.4 Å². The molecule has 210 valence electrons. The van der Waals surface area contributed by atoms with Crippen molar-refractivity contribution in [2.75, 3.05) is 5.75 Å². The second-order valence-electron chi connectivity index (χ2n) is 9.18. The molecule has 0 saturated heterocycles. The van der Waals surface area contributed by atoms with Crippen molar-refractivity contribution < 1.29 is 27.1 Å². The zero-order valence-corrected chi connectivity index (χ0v) is 23.1. The number of halogens is 1. The third-order valence-corrected chi connectivity index (χ3v) is 7.47. The first-order valence-corrected chi connectivity index (χ1v) is 14.2. The van der Waals surface area contributed by atoms with Crippen LogP contribution in [-0.2, 0) is 9.84 Å². The van der Waals surface area contributed by atoms with Crippen molar-refractivity contribution in [2.45, 2.75) is 31.8 Å². The molecule has 5 aromatic rings. The second kappa shape index (κ2) is 11.3. The number of sulfone groups is 1. The summed E-state index contributed by atoms with van der Waals surface area (Å²) in [4.78, 5) is 32.9. The standard InChI is InChI=1S/C28H25FN6O5S/c1-4-41(37,38)25-9-8-17(14-32-25)39-23-12-20-21(35-27(34-20)22-15-30-10-11-31-22)13-24(23)40-26-18(6-5-7-19(26)29)28(36)33-16(2)3/h5-16H,4H2,1-3H3,(H,33,36)(H,34,35). The summed E-state index contributed by atoms with van der Waals surface area (Å²) < 4.78 is 51.4. The van der Waals surface area contributed by atoms with E-state index < -0.39 is 21.6 Å². The molecule has 3 heterocycles. The fourth-order valence-electron chi connectivity index (χ4n) is 3.85. The van der Waals surface area contributed by atoms with Crippen LogP contribution in [0.3, 0.4) is 0 Å². The Morgan fingerprint density at radius 3 is 2.54 bits per heavy atom. The van der Waals surface area contributed by atoms with Crippen molar-refractivity contribution in [3.05, 3.63) is 78.6 Å². The molecule has 5 rings (SSSR count). The summed E-state index contributed by atoms with van der Waals surface area (Å²) in [6.45, 7) is 5.10. The summed E-state index contributed by atoms with van der Waals surface area (Å²) >= 11 is 0. The van der Waals surface area contributed by atoms with Crippen molar-refractivity contribution in [1.82, 2.24) is 30.2 Å². The van der Waals surface area contributed by atoms with Crippen LogP contribution in [0, 0.1) is 5.82 Å². The van der Waals surface area contributed by atoms with E-state index in [1.807, 2.05) is 0 Å². The minimum atomic E-state index is -3.51. The monoisotopic (exact) mass is 576 g/mol. The lowest BCUT2D eigenvalue weighted by molar-refractivity contribution is 0.0940. The lowest BCUT2D eigenvalue weighted by Gasteiger charge is -2.16. The average molecular weight is 577 g/mol. The number of nitrogens with one attached hydrogen (secondary N) is 2. The predicted molar refractivity (Wildman–Crippen MR) is 148 cm³/mol. The van der Waals surface area contributed by atoms with E-state index in [2.05, 4.69) is 30.2 Å². The Labute approximate surface area is 234 Å². The number of pyridine rings is 1. The number of aromatic nitrogens is 5. The van der Waals surface area contributed by atoms with Crippen LogP contribution in [0.5, 0.6) is 23.0 Å². The third kappa shape index (κ3) is 5.99. The van der Waals surface area contributed by atoms with Gasteiger partial charge in [-0.15, -0.1) is 0 Å². The molecule has 0 bridgehead atoms. The highest BCUT2D eigenvalue weighted by atomic mass is 32.2. The van der Waals surface area contributed by atoms with Crippen LogP contribution in [0.25, 0.3) is 22.6 Å². The topological polar surface area (TPSA) is 149 Å². The lowest BCUT2D eigenvalue weighted by Crippen LogP contribution is -2.30. The average Bonchev–Trinajstić information content (AvgIpc) is 3.37. The number of aromatic amines is 1. The first kappa shape index (κ1) is 27.6. The lowest BCUT2D eigenvalue weighted by atomic mass is 10.1. The van der Waals surface area contributed by atoms with E-state index in [9.17, 15) is 13.2 Å². The molecule has 0 atom stereocenters. The van der Waals surface area contributed by atoms with Gasteiger partial charge < -0.3 is 19.8 Å². The minimum absolute atomic E-state index is 0.0113. The van der Waals surface area contributed by atoms with Crippen LogP contribution < -0.4 is 14.8 Å². The van der Waals surface area contributed by atoms with E-state index in [1.165, 1.54) is 61.9 Å². The molecule has 1 amide bonds. The maximum atomic E-state index is 15.1.